The number of hydrogen-bond acceptors (Lipinski definition) is 3. The number of nitrogens with zero attached hydrogens (tertiary/aromatic N) is 2. The molecule has 0 bridgehead atoms. The first-order valence-corrected chi connectivity index (χ1v) is 7.53. The molecule has 19 heavy (non-hydrogen) atoms. The summed E-state index contributed by atoms with van der Waals surface area (Å²) in [5.41, 5.74) is 4.56. The van der Waals surface area contributed by atoms with Crippen LogP contribution >= 0.6 is 0 Å². The lowest BCUT2D eigenvalue weighted by Gasteiger charge is -2.32. The van der Waals surface area contributed by atoms with Gasteiger partial charge in [-0.05, 0) is 43.1 Å². The summed E-state index contributed by atoms with van der Waals surface area (Å²) < 4.78 is 0. The lowest BCUT2D eigenvalue weighted by atomic mass is 9.97. The van der Waals surface area contributed by atoms with E-state index < -0.39 is 0 Å². The summed E-state index contributed by atoms with van der Waals surface area (Å²) in [5.74, 6) is 0. The highest BCUT2D eigenvalue weighted by molar-refractivity contribution is 5.33. The molecule has 1 N–H and O–H groups in total. The van der Waals surface area contributed by atoms with Crippen molar-refractivity contribution in [3.05, 3.63) is 34.9 Å². The van der Waals surface area contributed by atoms with E-state index in [0.717, 1.165) is 13.1 Å². The Hall–Kier alpha value is -0.900. The van der Waals surface area contributed by atoms with Crippen molar-refractivity contribution in [1.29, 1.82) is 0 Å². The van der Waals surface area contributed by atoms with Crippen LogP contribution in [0.5, 0.6) is 0 Å². The number of benzene rings is 1. The highest BCUT2D eigenvalue weighted by atomic mass is 15.2. The van der Waals surface area contributed by atoms with Gasteiger partial charge in [0.15, 0.2) is 0 Å². The molecule has 1 aromatic carbocycles. The number of piperazine rings is 1. The number of rotatable bonds is 3. The molecule has 2 aliphatic rings. The van der Waals surface area contributed by atoms with E-state index in [9.17, 15) is 0 Å². The smallest absolute Gasteiger partial charge is 0.0208 e. The van der Waals surface area contributed by atoms with Crippen LogP contribution in [0, 0.1) is 0 Å². The molecule has 0 amide bonds. The molecule has 3 heteroatoms. The van der Waals surface area contributed by atoms with Crippen molar-refractivity contribution >= 4 is 0 Å². The van der Waals surface area contributed by atoms with E-state index >= 15 is 0 Å². The molecule has 104 valence electrons. The van der Waals surface area contributed by atoms with E-state index in [2.05, 4.69) is 40.4 Å². The average Bonchev–Trinajstić information content (AvgIpc) is 2.46. The molecule has 0 unspecified atom stereocenters. The van der Waals surface area contributed by atoms with Crippen LogP contribution in [0.3, 0.4) is 0 Å². The van der Waals surface area contributed by atoms with Crippen molar-refractivity contribution in [2.75, 3.05) is 46.3 Å². The monoisotopic (exact) mass is 259 g/mol. The largest absolute Gasteiger partial charge is 0.312 e. The summed E-state index contributed by atoms with van der Waals surface area (Å²) in [4.78, 5) is 5.01. The topological polar surface area (TPSA) is 18.5 Å². The highest BCUT2D eigenvalue weighted by Crippen LogP contribution is 2.16. The predicted octanol–water partition coefficient (Wildman–Crippen LogP) is 1.12. The predicted molar refractivity (Wildman–Crippen MR) is 79.5 cm³/mol. The molecule has 0 aromatic heterocycles. The summed E-state index contributed by atoms with van der Waals surface area (Å²) in [6.07, 6.45) is 2.38. The second-order valence-corrected chi connectivity index (χ2v) is 5.92. The van der Waals surface area contributed by atoms with Crippen LogP contribution in [0.15, 0.2) is 18.2 Å². The molecule has 2 heterocycles. The Balaban J connectivity index is 1.55. The van der Waals surface area contributed by atoms with Gasteiger partial charge in [-0.2, -0.15) is 0 Å². The standard InChI is InChI=1S/C16H25N3/c1-18-8-10-19(11-9-18)7-5-14-2-3-15-4-6-17-13-16(15)12-14/h2-3,12,17H,4-11,13H2,1H3. The van der Waals surface area contributed by atoms with Gasteiger partial charge in [0.2, 0.25) is 0 Å². The van der Waals surface area contributed by atoms with E-state index in [1.54, 1.807) is 5.56 Å². The van der Waals surface area contributed by atoms with Gasteiger partial charge in [0, 0.05) is 39.3 Å². The van der Waals surface area contributed by atoms with Crippen molar-refractivity contribution < 1.29 is 0 Å². The van der Waals surface area contributed by atoms with Gasteiger partial charge in [0.05, 0.1) is 0 Å². The third-order valence-corrected chi connectivity index (χ3v) is 4.47. The normalized spacial score (nSPS) is 21.3. The number of likely N-dealkylation sites (N-methyl/N-ethyl adjacent to an activating group) is 1. The second-order valence-electron chi connectivity index (χ2n) is 5.92. The molecule has 2 aliphatic heterocycles. The maximum atomic E-state index is 3.46. The Morgan fingerprint density at radius 3 is 2.79 bits per heavy atom. The van der Waals surface area contributed by atoms with Crippen molar-refractivity contribution in [2.24, 2.45) is 0 Å². The number of fused-ring (bicyclic) bond motifs is 1. The first kappa shape index (κ1) is 13.1. The van der Waals surface area contributed by atoms with Gasteiger partial charge in [0.25, 0.3) is 0 Å². The molecule has 1 saturated heterocycles. The van der Waals surface area contributed by atoms with Crippen LogP contribution in [0.1, 0.15) is 16.7 Å². The van der Waals surface area contributed by atoms with Gasteiger partial charge in [-0.15, -0.1) is 0 Å². The molecule has 0 spiro atoms. The summed E-state index contributed by atoms with van der Waals surface area (Å²) in [5, 5.41) is 3.46. The average molecular weight is 259 g/mol. The molecule has 1 fully saturated rings. The minimum atomic E-state index is 1.05. The third kappa shape index (κ3) is 3.35. The second kappa shape index (κ2) is 6.04. The van der Waals surface area contributed by atoms with E-state index in [-0.39, 0.29) is 0 Å². The minimum absolute atomic E-state index is 1.05. The van der Waals surface area contributed by atoms with Crippen LogP contribution < -0.4 is 5.32 Å². The van der Waals surface area contributed by atoms with Gasteiger partial charge < -0.3 is 15.1 Å². The van der Waals surface area contributed by atoms with E-state index in [1.165, 1.54) is 56.7 Å². The molecule has 3 nitrogen and oxygen atoms in total. The summed E-state index contributed by atoms with van der Waals surface area (Å²) in [6, 6.07) is 7.09. The molecular weight excluding hydrogens is 234 g/mol. The molecule has 3 rings (SSSR count). The van der Waals surface area contributed by atoms with Crippen molar-refractivity contribution in [2.45, 2.75) is 19.4 Å². The van der Waals surface area contributed by atoms with Crippen LogP contribution in [0.2, 0.25) is 0 Å². The fourth-order valence-electron chi connectivity index (χ4n) is 3.05. The van der Waals surface area contributed by atoms with Gasteiger partial charge in [0.1, 0.15) is 0 Å². The molecule has 1 aromatic rings. The first-order chi connectivity index (χ1) is 9.31. The van der Waals surface area contributed by atoms with Crippen molar-refractivity contribution in [3.8, 4) is 0 Å². The Labute approximate surface area is 116 Å². The summed E-state index contributed by atoms with van der Waals surface area (Å²) in [7, 11) is 2.22. The molecule has 0 aliphatic carbocycles. The summed E-state index contributed by atoms with van der Waals surface area (Å²) in [6.45, 7) is 8.28. The first-order valence-electron chi connectivity index (χ1n) is 7.53. The zero-order chi connectivity index (χ0) is 13.1. The quantitative estimate of drug-likeness (QED) is 0.878. The minimum Gasteiger partial charge on any atom is -0.312 e. The van der Waals surface area contributed by atoms with Crippen LogP contribution in [0.4, 0.5) is 0 Å². The van der Waals surface area contributed by atoms with Crippen molar-refractivity contribution in [3.63, 3.8) is 0 Å². The molecule has 0 atom stereocenters. The van der Waals surface area contributed by atoms with E-state index in [1.807, 2.05) is 0 Å². The Bertz CT molecular complexity index is 422. The van der Waals surface area contributed by atoms with Crippen LogP contribution in [0.25, 0.3) is 0 Å². The van der Waals surface area contributed by atoms with Gasteiger partial charge in [-0.3, -0.25) is 0 Å². The summed E-state index contributed by atoms with van der Waals surface area (Å²) >= 11 is 0. The third-order valence-electron chi connectivity index (χ3n) is 4.47. The van der Waals surface area contributed by atoms with E-state index in [4.69, 9.17) is 0 Å². The van der Waals surface area contributed by atoms with Gasteiger partial charge in [-0.25, -0.2) is 0 Å². The van der Waals surface area contributed by atoms with Crippen LogP contribution in [-0.2, 0) is 19.4 Å². The van der Waals surface area contributed by atoms with Crippen LogP contribution in [-0.4, -0.2) is 56.1 Å². The Morgan fingerprint density at radius 2 is 1.95 bits per heavy atom. The Kier molecular flexibility index (Phi) is 4.16. The van der Waals surface area contributed by atoms with Gasteiger partial charge >= 0.3 is 0 Å². The highest BCUT2D eigenvalue weighted by Gasteiger charge is 2.14. The zero-order valence-electron chi connectivity index (χ0n) is 12.0. The maximum absolute atomic E-state index is 3.46. The molecule has 0 radical (unpaired) electrons. The molecular formula is C16H25N3. The molecule has 0 saturated carbocycles. The fraction of sp³-hybridized carbons (Fsp3) is 0.625. The lowest BCUT2D eigenvalue weighted by Crippen LogP contribution is -2.45. The Morgan fingerprint density at radius 1 is 1.11 bits per heavy atom. The number of nitrogens with one attached hydrogen (secondary N) is 1. The SMILES string of the molecule is CN1CCN(CCc2ccc3c(c2)CNCC3)CC1. The fourth-order valence-corrected chi connectivity index (χ4v) is 3.05. The van der Waals surface area contributed by atoms with Crippen molar-refractivity contribution in [1.82, 2.24) is 15.1 Å². The number of hydrogen-bond donors (Lipinski definition) is 1. The van der Waals surface area contributed by atoms with E-state index in [0.29, 0.717) is 0 Å². The zero-order valence-corrected chi connectivity index (χ0v) is 12.0. The van der Waals surface area contributed by atoms with Gasteiger partial charge in [-0.1, -0.05) is 18.2 Å². The lowest BCUT2D eigenvalue weighted by molar-refractivity contribution is 0.155. The maximum Gasteiger partial charge on any atom is 0.0208 e.